The summed E-state index contributed by atoms with van der Waals surface area (Å²) in [6, 6.07) is 0.300. The lowest BCUT2D eigenvalue weighted by atomic mass is 10.1. The van der Waals surface area contributed by atoms with Crippen LogP contribution >= 0.6 is 0 Å². The van der Waals surface area contributed by atoms with E-state index in [9.17, 15) is 13.2 Å². The lowest BCUT2D eigenvalue weighted by Gasteiger charge is -2.40. The minimum Gasteiger partial charge on any atom is -0.311 e. The molecule has 16 heavy (non-hydrogen) atoms. The summed E-state index contributed by atoms with van der Waals surface area (Å²) in [7, 11) is 0. The molecule has 3 fully saturated rings. The molecule has 0 aromatic heterocycles. The maximum absolute atomic E-state index is 13.0. The fraction of sp³-hybridized carbons (Fsp3) is 1.00. The van der Waals surface area contributed by atoms with Crippen molar-refractivity contribution in [3.8, 4) is 0 Å². The van der Waals surface area contributed by atoms with Crippen LogP contribution in [0.3, 0.4) is 0 Å². The van der Waals surface area contributed by atoms with Gasteiger partial charge in [0.05, 0.1) is 0 Å². The van der Waals surface area contributed by atoms with Gasteiger partial charge in [0.15, 0.2) is 0 Å². The Hall–Kier alpha value is -0.290. The van der Waals surface area contributed by atoms with Crippen molar-refractivity contribution < 1.29 is 13.2 Å². The highest BCUT2D eigenvalue weighted by Gasteiger charge is 2.67. The fourth-order valence-corrected chi connectivity index (χ4v) is 2.88. The van der Waals surface area contributed by atoms with Gasteiger partial charge < -0.3 is 5.32 Å². The van der Waals surface area contributed by atoms with Crippen molar-refractivity contribution in [2.24, 2.45) is 5.92 Å². The third-order valence-corrected chi connectivity index (χ3v) is 4.25. The fourth-order valence-electron chi connectivity index (χ4n) is 2.88. The maximum atomic E-state index is 13.0. The Balaban J connectivity index is 1.70. The molecule has 5 heteroatoms. The Kier molecular flexibility index (Phi) is 2.27. The predicted molar refractivity (Wildman–Crippen MR) is 54.1 cm³/mol. The molecule has 0 spiro atoms. The molecule has 1 N–H and O–H groups in total. The van der Waals surface area contributed by atoms with Crippen molar-refractivity contribution in [1.82, 2.24) is 10.2 Å². The van der Waals surface area contributed by atoms with Crippen LogP contribution < -0.4 is 5.32 Å². The molecule has 2 aliphatic carbocycles. The molecule has 2 nitrogen and oxygen atoms in total. The summed E-state index contributed by atoms with van der Waals surface area (Å²) in [4.78, 5) is 1.69. The molecule has 0 bridgehead atoms. The summed E-state index contributed by atoms with van der Waals surface area (Å²) < 4.78 is 38.9. The number of hydrogen-bond acceptors (Lipinski definition) is 2. The zero-order chi connectivity index (χ0) is 11.4. The van der Waals surface area contributed by atoms with Gasteiger partial charge in [-0.3, -0.25) is 4.90 Å². The Morgan fingerprint density at radius 2 is 1.88 bits per heavy atom. The van der Waals surface area contributed by atoms with Crippen LogP contribution in [0.15, 0.2) is 0 Å². The first kappa shape index (κ1) is 10.8. The van der Waals surface area contributed by atoms with Crippen LogP contribution in [0.1, 0.15) is 25.7 Å². The number of piperazine rings is 1. The second-order valence-corrected chi connectivity index (χ2v) is 5.37. The minimum absolute atomic E-state index is 0.299. The molecule has 0 aromatic carbocycles. The summed E-state index contributed by atoms with van der Waals surface area (Å²) in [6.45, 7) is 1.84. The summed E-state index contributed by atoms with van der Waals surface area (Å²) in [5.41, 5.74) is -1.46. The van der Waals surface area contributed by atoms with Crippen molar-refractivity contribution in [3.05, 3.63) is 0 Å². The summed E-state index contributed by atoms with van der Waals surface area (Å²) >= 11 is 0. The highest BCUT2D eigenvalue weighted by atomic mass is 19.4. The quantitative estimate of drug-likeness (QED) is 0.783. The molecule has 1 atom stereocenters. The van der Waals surface area contributed by atoms with Crippen molar-refractivity contribution in [2.75, 3.05) is 19.6 Å². The molecule has 0 radical (unpaired) electrons. The summed E-state index contributed by atoms with van der Waals surface area (Å²) in [5.74, 6) is 0.631. The van der Waals surface area contributed by atoms with E-state index >= 15 is 0 Å². The second-order valence-electron chi connectivity index (χ2n) is 5.37. The number of halogens is 3. The van der Waals surface area contributed by atoms with Gasteiger partial charge in [0.1, 0.15) is 5.54 Å². The van der Waals surface area contributed by atoms with Crippen molar-refractivity contribution in [1.29, 1.82) is 0 Å². The van der Waals surface area contributed by atoms with Gasteiger partial charge in [-0.15, -0.1) is 0 Å². The number of hydrogen-bond donors (Lipinski definition) is 1. The highest BCUT2D eigenvalue weighted by Crippen LogP contribution is 2.54. The maximum Gasteiger partial charge on any atom is 0.406 e. The standard InChI is InChI=1S/C11H17F3N2/c12-11(13,14)10(3-4-10)16-6-5-15-9(7-16)8-1-2-8/h8-9,15H,1-7H2. The summed E-state index contributed by atoms with van der Waals surface area (Å²) in [5, 5.41) is 3.35. The number of nitrogens with one attached hydrogen (secondary N) is 1. The highest BCUT2D eigenvalue weighted by molar-refractivity contribution is 5.11. The van der Waals surface area contributed by atoms with E-state index in [1.165, 1.54) is 12.8 Å². The third-order valence-electron chi connectivity index (χ3n) is 4.25. The van der Waals surface area contributed by atoms with Crippen molar-refractivity contribution in [2.45, 2.75) is 43.4 Å². The SMILES string of the molecule is FC(F)(F)C1(N2CCNC(C3CC3)C2)CC1. The van der Waals surface area contributed by atoms with E-state index in [1.807, 2.05) is 0 Å². The summed E-state index contributed by atoms with van der Waals surface area (Å²) in [6.07, 6.45) is -1.07. The zero-order valence-corrected chi connectivity index (χ0v) is 9.19. The molecule has 1 heterocycles. The molecule has 2 saturated carbocycles. The van der Waals surface area contributed by atoms with Gasteiger partial charge in [0, 0.05) is 25.7 Å². The molecule has 1 unspecified atom stereocenters. The van der Waals surface area contributed by atoms with Gasteiger partial charge in [-0.1, -0.05) is 0 Å². The van der Waals surface area contributed by atoms with Gasteiger partial charge in [-0.2, -0.15) is 13.2 Å². The van der Waals surface area contributed by atoms with Gasteiger partial charge in [0.2, 0.25) is 0 Å². The molecule has 0 amide bonds. The van der Waals surface area contributed by atoms with E-state index in [1.54, 1.807) is 4.90 Å². The van der Waals surface area contributed by atoms with Crippen LogP contribution in [0.4, 0.5) is 13.2 Å². The molecule has 3 aliphatic rings. The molecule has 0 aromatic rings. The van der Waals surface area contributed by atoms with E-state index in [-0.39, 0.29) is 0 Å². The van der Waals surface area contributed by atoms with Crippen LogP contribution in [0.2, 0.25) is 0 Å². The first-order valence-corrected chi connectivity index (χ1v) is 6.08. The van der Waals surface area contributed by atoms with E-state index in [0.717, 1.165) is 0 Å². The normalized spacial score (nSPS) is 35.1. The van der Waals surface area contributed by atoms with Crippen molar-refractivity contribution >= 4 is 0 Å². The first-order valence-electron chi connectivity index (χ1n) is 6.08. The predicted octanol–water partition coefficient (Wildman–Crippen LogP) is 1.77. The monoisotopic (exact) mass is 234 g/mol. The van der Waals surface area contributed by atoms with Gasteiger partial charge in [-0.05, 0) is 31.6 Å². The Bertz CT molecular complexity index is 281. The lowest BCUT2D eigenvalue weighted by Crippen LogP contribution is -2.59. The topological polar surface area (TPSA) is 15.3 Å². The number of nitrogens with zero attached hydrogens (tertiary/aromatic N) is 1. The van der Waals surface area contributed by atoms with Gasteiger partial charge in [0.25, 0.3) is 0 Å². The molecule has 92 valence electrons. The molecular weight excluding hydrogens is 217 g/mol. The van der Waals surface area contributed by atoms with E-state index in [2.05, 4.69) is 5.32 Å². The largest absolute Gasteiger partial charge is 0.406 e. The van der Waals surface area contributed by atoms with Crippen LogP contribution in [-0.2, 0) is 0 Å². The average Bonchev–Trinajstić information content (AvgIpc) is 3.10. The van der Waals surface area contributed by atoms with Crippen LogP contribution in [0.25, 0.3) is 0 Å². The Morgan fingerprint density at radius 3 is 2.38 bits per heavy atom. The van der Waals surface area contributed by atoms with E-state index in [0.29, 0.717) is 44.4 Å². The van der Waals surface area contributed by atoms with Gasteiger partial charge >= 0.3 is 6.18 Å². The first-order chi connectivity index (χ1) is 7.53. The molecular formula is C11H17F3N2. The van der Waals surface area contributed by atoms with Gasteiger partial charge in [-0.25, -0.2) is 0 Å². The Morgan fingerprint density at radius 1 is 1.19 bits per heavy atom. The Labute approximate surface area is 93.2 Å². The smallest absolute Gasteiger partial charge is 0.311 e. The molecule has 1 saturated heterocycles. The molecule has 3 rings (SSSR count). The van der Waals surface area contributed by atoms with Crippen LogP contribution in [-0.4, -0.2) is 42.3 Å². The molecule has 1 aliphatic heterocycles. The van der Waals surface area contributed by atoms with Crippen molar-refractivity contribution in [3.63, 3.8) is 0 Å². The van der Waals surface area contributed by atoms with Crippen LogP contribution in [0, 0.1) is 5.92 Å². The second kappa shape index (κ2) is 3.35. The number of rotatable bonds is 2. The van der Waals surface area contributed by atoms with Crippen LogP contribution in [0.5, 0.6) is 0 Å². The number of alkyl halides is 3. The minimum atomic E-state index is -4.04. The lowest BCUT2D eigenvalue weighted by molar-refractivity contribution is -0.199. The van der Waals surface area contributed by atoms with E-state index in [4.69, 9.17) is 0 Å². The third kappa shape index (κ3) is 1.64. The van der Waals surface area contributed by atoms with E-state index < -0.39 is 11.7 Å². The average molecular weight is 234 g/mol. The zero-order valence-electron chi connectivity index (χ0n) is 9.19.